The number of methoxy groups -OCH3 is 2. The SMILES string of the molecule is COc1ccc(CCCC(=O)N/N=C\c2ccc(OC)c([N+](=O)[O-])c2)cc1. The fourth-order valence-electron chi connectivity index (χ4n) is 2.41. The third-order valence-corrected chi connectivity index (χ3v) is 3.83. The lowest BCUT2D eigenvalue weighted by Crippen LogP contribution is -2.17. The molecule has 2 aromatic rings. The second-order valence-electron chi connectivity index (χ2n) is 5.68. The van der Waals surface area contributed by atoms with E-state index in [-0.39, 0.29) is 17.3 Å². The largest absolute Gasteiger partial charge is 0.497 e. The van der Waals surface area contributed by atoms with E-state index in [1.165, 1.54) is 25.5 Å². The maximum absolute atomic E-state index is 11.8. The van der Waals surface area contributed by atoms with Gasteiger partial charge in [-0.1, -0.05) is 12.1 Å². The van der Waals surface area contributed by atoms with Crippen LogP contribution in [0.5, 0.6) is 11.5 Å². The monoisotopic (exact) mass is 371 g/mol. The second kappa shape index (κ2) is 9.91. The molecule has 0 aliphatic rings. The zero-order valence-electron chi connectivity index (χ0n) is 15.2. The molecule has 0 aliphatic heterocycles. The molecule has 0 heterocycles. The number of hydrogen-bond donors (Lipinski definition) is 1. The average Bonchev–Trinajstić information content (AvgIpc) is 2.68. The van der Waals surface area contributed by atoms with Crippen LogP contribution in [0, 0.1) is 10.1 Å². The fourth-order valence-corrected chi connectivity index (χ4v) is 2.41. The Balaban J connectivity index is 1.80. The number of nitrogens with one attached hydrogen (secondary N) is 1. The molecule has 1 amide bonds. The van der Waals surface area contributed by atoms with Crippen LogP contribution in [0.1, 0.15) is 24.0 Å². The Kier molecular flexibility index (Phi) is 7.30. The Bertz CT molecular complexity index is 819. The first-order valence-electron chi connectivity index (χ1n) is 8.30. The number of nitrogens with zero attached hydrogens (tertiary/aromatic N) is 2. The van der Waals surface area contributed by atoms with Crippen LogP contribution in [0.3, 0.4) is 0 Å². The minimum absolute atomic E-state index is 0.160. The maximum Gasteiger partial charge on any atom is 0.311 e. The van der Waals surface area contributed by atoms with Crippen LogP contribution in [-0.2, 0) is 11.2 Å². The van der Waals surface area contributed by atoms with E-state index in [1.54, 1.807) is 13.2 Å². The third kappa shape index (κ3) is 6.10. The van der Waals surface area contributed by atoms with Gasteiger partial charge in [-0.05, 0) is 42.7 Å². The Morgan fingerprint density at radius 1 is 1.19 bits per heavy atom. The van der Waals surface area contributed by atoms with Crippen molar-refractivity contribution in [3.63, 3.8) is 0 Å². The molecule has 8 heteroatoms. The molecule has 0 bridgehead atoms. The number of carbonyl (C=O) groups excluding carboxylic acids is 1. The van der Waals surface area contributed by atoms with Gasteiger partial charge in [0.15, 0.2) is 5.75 Å². The summed E-state index contributed by atoms with van der Waals surface area (Å²) in [5.41, 5.74) is 3.87. The van der Waals surface area contributed by atoms with E-state index < -0.39 is 4.92 Å². The molecule has 0 saturated heterocycles. The van der Waals surface area contributed by atoms with Gasteiger partial charge < -0.3 is 9.47 Å². The van der Waals surface area contributed by atoms with Crippen molar-refractivity contribution in [3.8, 4) is 11.5 Å². The van der Waals surface area contributed by atoms with Crippen molar-refractivity contribution in [3.05, 3.63) is 63.7 Å². The summed E-state index contributed by atoms with van der Waals surface area (Å²) >= 11 is 0. The molecule has 0 radical (unpaired) electrons. The number of hydrazone groups is 1. The smallest absolute Gasteiger partial charge is 0.311 e. The van der Waals surface area contributed by atoms with Crippen molar-refractivity contribution < 1.29 is 19.2 Å². The number of benzene rings is 2. The normalized spacial score (nSPS) is 10.6. The molecule has 27 heavy (non-hydrogen) atoms. The van der Waals surface area contributed by atoms with Gasteiger partial charge in [0, 0.05) is 18.1 Å². The van der Waals surface area contributed by atoms with E-state index in [9.17, 15) is 14.9 Å². The van der Waals surface area contributed by atoms with Crippen molar-refractivity contribution >= 4 is 17.8 Å². The van der Waals surface area contributed by atoms with Crippen molar-refractivity contribution in [2.45, 2.75) is 19.3 Å². The Morgan fingerprint density at radius 3 is 2.56 bits per heavy atom. The molecule has 0 unspecified atom stereocenters. The third-order valence-electron chi connectivity index (χ3n) is 3.83. The molecule has 2 rings (SSSR count). The first-order valence-corrected chi connectivity index (χ1v) is 8.30. The van der Waals surface area contributed by atoms with Crippen LogP contribution in [-0.4, -0.2) is 31.3 Å². The van der Waals surface area contributed by atoms with Gasteiger partial charge in [0.05, 0.1) is 25.4 Å². The quantitative estimate of drug-likeness (QED) is 0.414. The van der Waals surface area contributed by atoms with Gasteiger partial charge in [0.25, 0.3) is 0 Å². The summed E-state index contributed by atoms with van der Waals surface area (Å²) in [5, 5.41) is 14.8. The molecule has 0 fully saturated rings. The van der Waals surface area contributed by atoms with E-state index in [2.05, 4.69) is 10.5 Å². The van der Waals surface area contributed by atoms with Gasteiger partial charge in [0.2, 0.25) is 5.91 Å². The van der Waals surface area contributed by atoms with Gasteiger partial charge in [-0.15, -0.1) is 0 Å². The molecule has 2 aromatic carbocycles. The molecule has 142 valence electrons. The highest BCUT2D eigenvalue weighted by molar-refractivity contribution is 5.83. The van der Waals surface area contributed by atoms with Crippen LogP contribution < -0.4 is 14.9 Å². The van der Waals surface area contributed by atoms with Crippen molar-refractivity contribution in [2.75, 3.05) is 14.2 Å². The topological polar surface area (TPSA) is 103 Å². The van der Waals surface area contributed by atoms with Crippen LogP contribution in [0.4, 0.5) is 5.69 Å². The van der Waals surface area contributed by atoms with Crippen LogP contribution in [0.2, 0.25) is 0 Å². The number of carbonyl (C=O) groups is 1. The summed E-state index contributed by atoms with van der Waals surface area (Å²) < 4.78 is 10.0. The number of ether oxygens (including phenoxy) is 2. The number of nitro groups is 1. The highest BCUT2D eigenvalue weighted by atomic mass is 16.6. The summed E-state index contributed by atoms with van der Waals surface area (Å²) in [6.07, 6.45) is 3.13. The standard InChI is InChI=1S/C19H21N3O5/c1-26-16-9-6-14(7-10-16)4-3-5-19(23)21-20-13-15-8-11-18(27-2)17(12-15)22(24)25/h6-13H,3-5H2,1-2H3,(H,21,23)/b20-13-. The van der Waals surface area contributed by atoms with E-state index in [1.807, 2.05) is 24.3 Å². The zero-order valence-corrected chi connectivity index (χ0v) is 15.2. The van der Waals surface area contributed by atoms with Crippen molar-refractivity contribution in [1.82, 2.24) is 5.43 Å². The lowest BCUT2D eigenvalue weighted by molar-refractivity contribution is -0.385. The van der Waals surface area contributed by atoms with Gasteiger partial charge in [-0.2, -0.15) is 5.10 Å². The van der Waals surface area contributed by atoms with E-state index >= 15 is 0 Å². The summed E-state index contributed by atoms with van der Waals surface area (Å²) in [5.74, 6) is 0.743. The molecule has 0 atom stereocenters. The number of nitro benzene ring substituents is 1. The molecule has 0 aliphatic carbocycles. The predicted octanol–water partition coefficient (Wildman–Crippen LogP) is 3.09. The molecule has 0 spiro atoms. The summed E-state index contributed by atoms with van der Waals surface area (Å²) in [6.45, 7) is 0. The number of amides is 1. The number of rotatable bonds is 9. The molecule has 1 N–H and O–H groups in total. The van der Waals surface area contributed by atoms with Crippen molar-refractivity contribution in [2.24, 2.45) is 5.10 Å². The lowest BCUT2D eigenvalue weighted by Gasteiger charge is -2.04. The molecular formula is C19H21N3O5. The lowest BCUT2D eigenvalue weighted by atomic mass is 10.1. The zero-order chi connectivity index (χ0) is 19.6. The van der Waals surface area contributed by atoms with E-state index in [0.717, 1.165) is 17.7 Å². The average molecular weight is 371 g/mol. The molecule has 0 aromatic heterocycles. The highest BCUT2D eigenvalue weighted by Crippen LogP contribution is 2.26. The fraction of sp³-hybridized carbons (Fsp3) is 0.263. The van der Waals surface area contributed by atoms with Crippen LogP contribution >= 0.6 is 0 Å². The minimum atomic E-state index is -0.534. The van der Waals surface area contributed by atoms with Crippen molar-refractivity contribution in [1.29, 1.82) is 0 Å². The number of hydrogen-bond acceptors (Lipinski definition) is 6. The molecule has 0 saturated carbocycles. The van der Waals surface area contributed by atoms with Gasteiger partial charge in [-0.3, -0.25) is 14.9 Å². The summed E-state index contributed by atoms with van der Waals surface area (Å²) in [6, 6.07) is 12.1. The van der Waals surface area contributed by atoms with E-state index in [0.29, 0.717) is 18.4 Å². The first kappa shape index (κ1) is 19.9. The Morgan fingerprint density at radius 2 is 1.93 bits per heavy atom. The molecule has 8 nitrogen and oxygen atoms in total. The minimum Gasteiger partial charge on any atom is -0.497 e. The molecular weight excluding hydrogens is 350 g/mol. The van der Waals surface area contributed by atoms with Gasteiger partial charge in [-0.25, -0.2) is 5.43 Å². The summed E-state index contributed by atoms with van der Waals surface area (Å²) in [7, 11) is 2.98. The van der Waals surface area contributed by atoms with Gasteiger partial charge >= 0.3 is 5.69 Å². The van der Waals surface area contributed by atoms with Gasteiger partial charge in [0.1, 0.15) is 5.75 Å². The predicted molar refractivity (Wildman–Crippen MR) is 101 cm³/mol. The van der Waals surface area contributed by atoms with E-state index in [4.69, 9.17) is 9.47 Å². The Hall–Kier alpha value is -3.42. The van der Waals surface area contributed by atoms with Crippen LogP contribution in [0.25, 0.3) is 0 Å². The number of aryl methyl sites for hydroxylation is 1. The van der Waals surface area contributed by atoms with Crippen LogP contribution in [0.15, 0.2) is 47.6 Å². The highest BCUT2D eigenvalue weighted by Gasteiger charge is 2.14. The summed E-state index contributed by atoms with van der Waals surface area (Å²) in [4.78, 5) is 22.3. The first-order chi connectivity index (χ1) is 13.0. The Labute approximate surface area is 157 Å². The maximum atomic E-state index is 11.8. The second-order valence-corrected chi connectivity index (χ2v) is 5.68.